The normalized spacial score (nSPS) is 57.0. The number of carboxylic acids is 1. The van der Waals surface area contributed by atoms with Crippen LogP contribution in [0.15, 0.2) is 0 Å². The molecule has 4 fully saturated rings. The lowest BCUT2D eigenvalue weighted by atomic mass is 9.43. The van der Waals surface area contributed by atoms with E-state index in [2.05, 4.69) is 6.92 Å². The number of hydrogen-bond acceptors (Lipinski definition) is 2. The second kappa shape index (κ2) is 4.49. The molecule has 0 aromatic rings. The zero-order valence-electron chi connectivity index (χ0n) is 14.0. The van der Waals surface area contributed by atoms with E-state index in [4.69, 9.17) is 0 Å². The lowest BCUT2D eigenvalue weighted by Crippen LogP contribution is -2.58. The van der Waals surface area contributed by atoms with Crippen LogP contribution in [0.3, 0.4) is 0 Å². The molecule has 22 heavy (non-hydrogen) atoms. The molecule has 0 saturated heterocycles. The van der Waals surface area contributed by atoms with Gasteiger partial charge in [0.15, 0.2) is 0 Å². The van der Waals surface area contributed by atoms with Gasteiger partial charge in [0.25, 0.3) is 0 Å². The molecule has 0 radical (unpaired) electrons. The topological polar surface area (TPSA) is 57.5 Å². The van der Waals surface area contributed by atoms with Gasteiger partial charge in [-0.2, -0.15) is 0 Å². The van der Waals surface area contributed by atoms with Crippen molar-refractivity contribution in [2.45, 2.75) is 77.2 Å². The van der Waals surface area contributed by atoms with Crippen LogP contribution < -0.4 is 0 Å². The van der Waals surface area contributed by atoms with Crippen LogP contribution in [0.25, 0.3) is 0 Å². The molecule has 0 aromatic heterocycles. The Morgan fingerprint density at radius 3 is 2.50 bits per heavy atom. The van der Waals surface area contributed by atoms with E-state index < -0.39 is 11.6 Å². The van der Waals surface area contributed by atoms with Crippen molar-refractivity contribution in [1.29, 1.82) is 0 Å². The summed E-state index contributed by atoms with van der Waals surface area (Å²) in [5.74, 6) is 0.786. The Labute approximate surface area is 133 Å². The predicted molar refractivity (Wildman–Crippen MR) is 84.3 cm³/mol. The van der Waals surface area contributed by atoms with Crippen LogP contribution in [-0.2, 0) is 4.79 Å². The van der Waals surface area contributed by atoms with Gasteiger partial charge in [0.2, 0.25) is 0 Å². The standard InChI is InChI=1S/C19H30O3/c1-17-7-3-8-18(2,22)14(17)6-9-19-10-12(4-5-15(17)19)13(11-19)16(20)21/h12-15,22H,3-11H2,1-2H3,(H,20,21)/t12-,13+,14+,15-,17-,18+,19+/m1/s1. The van der Waals surface area contributed by atoms with Crippen molar-refractivity contribution >= 4 is 5.97 Å². The Bertz CT molecular complexity index is 499. The minimum Gasteiger partial charge on any atom is -0.481 e. The number of aliphatic carboxylic acids is 1. The maximum Gasteiger partial charge on any atom is 0.306 e. The average Bonchev–Trinajstić information content (AvgIpc) is 2.69. The van der Waals surface area contributed by atoms with Crippen molar-refractivity contribution in [2.75, 3.05) is 0 Å². The third-order valence-corrected chi connectivity index (χ3v) is 8.42. The molecule has 4 aliphatic rings. The molecule has 2 N–H and O–H groups in total. The highest BCUT2D eigenvalue weighted by Gasteiger charge is 2.65. The van der Waals surface area contributed by atoms with Gasteiger partial charge in [0.1, 0.15) is 0 Å². The third kappa shape index (κ3) is 1.81. The molecule has 0 heterocycles. The first-order valence-electron chi connectivity index (χ1n) is 9.24. The monoisotopic (exact) mass is 306 g/mol. The zero-order valence-corrected chi connectivity index (χ0v) is 14.0. The highest BCUT2D eigenvalue weighted by Crippen LogP contribution is 2.71. The van der Waals surface area contributed by atoms with Gasteiger partial charge >= 0.3 is 5.97 Å². The van der Waals surface area contributed by atoms with Gasteiger partial charge in [-0.3, -0.25) is 4.79 Å². The van der Waals surface area contributed by atoms with E-state index in [0.717, 1.165) is 44.9 Å². The number of rotatable bonds is 1. The molecule has 0 aromatic carbocycles. The molecule has 4 aliphatic carbocycles. The third-order valence-electron chi connectivity index (χ3n) is 8.42. The summed E-state index contributed by atoms with van der Waals surface area (Å²) in [5, 5.41) is 20.5. The molecule has 4 rings (SSSR count). The summed E-state index contributed by atoms with van der Waals surface area (Å²) in [4.78, 5) is 11.6. The lowest BCUT2D eigenvalue weighted by molar-refractivity contribution is -0.180. The van der Waals surface area contributed by atoms with E-state index in [1.54, 1.807) is 0 Å². The second-order valence-corrected chi connectivity index (χ2v) is 9.41. The smallest absolute Gasteiger partial charge is 0.306 e. The lowest BCUT2D eigenvalue weighted by Gasteiger charge is -2.63. The maximum atomic E-state index is 11.6. The largest absolute Gasteiger partial charge is 0.481 e. The summed E-state index contributed by atoms with van der Waals surface area (Å²) in [5.41, 5.74) is -0.0285. The summed E-state index contributed by atoms with van der Waals surface area (Å²) < 4.78 is 0. The summed E-state index contributed by atoms with van der Waals surface area (Å²) in [6, 6.07) is 0. The van der Waals surface area contributed by atoms with Gasteiger partial charge in [-0.15, -0.1) is 0 Å². The van der Waals surface area contributed by atoms with Gasteiger partial charge in [0, 0.05) is 0 Å². The molecule has 0 amide bonds. The number of carboxylic acid groups (broad SMARTS) is 1. The van der Waals surface area contributed by atoms with Gasteiger partial charge < -0.3 is 10.2 Å². The minimum absolute atomic E-state index is 0.103. The fraction of sp³-hybridized carbons (Fsp3) is 0.947. The average molecular weight is 306 g/mol. The fourth-order valence-electron chi connectivity index (χ4n) is 7.70. The summed E-state index contributed by atoms with van der Waals surface area (Å²) in [7, 11) is 0. The van der Waals surface area contributed by atoms with Gasteiger partial charge in [-0.1, -0.05) is 13.3 Å². The molecule has 7 atom stereocenters. The van der Waals surface area contributed by atoms with E-state index in [9.17, 15) is 15.0 Å². The van der Waals surface area contributed by atoms with Crippen molar-refractivity contribution in [2.24, 2.45) is 34.5 Å². The van der Waals surface area contributed by atoms with Crippen molar-refractivity contribution in [3.8, 4) is 0 Å². The highest BCUT2D eigenvalue weighted by atomic mass is 16.4. The quantitative estimate of drug-likeness (QED) is 0.773. The molecule has 3 nitrogen and oxygen atoms in total. The number of aliphatic hydroxyl groups is 1. The van der Waals surface area contributed by atoms with Crippen LogP contribution in [0.1, 0.15) is 71.6 Å². The summed E-state index contributed by atoms with van der Waals surface area (Å²) in [6.07, 6.45) is 9.86. The molecule has 2 bridgehead atoms. The second-order valence-electron chi connectivity index (χ2n) is 9.41. The van der Waals surface area contributed by atoms with Gasteiger partial charge in [-0.05, 0) is 86.9 Å². The SMILES string of the molecule is C[C@@]12CCC[C@](C)(O)[C@H]1CC[C@@]13C[C@@H](CC[C@@H]12)[C@@H](C(=O)O)C3. The van der Waals surface area contributed by atoms with Crippen LogP contribution in [0, 0.1) is 34.5 Å². The Kier molecular flexibility index (Phi) is 3.06. The molecule has 3 heteroatoms. The molecule has 0 aliphatic heterocycles. The molecular weight excluding hydrogens is 276 g/mol. The summed E-state index contributed by atoms with van der Waals surface area (Å²) >= 11 is 0. The van der Waals surface area contributed by atoms with Crippen LogP contribution in [0.5, 0.6) is 0 Å². The van der Waals surface area contributed by atoms with Crippen LogP contribution in [0.2, 0.25) is 0 Å². The number of hydrogen-bond donors (Lipinski definition) is 2. The van der Waals surface area contributed by atoms with E-state index >= 15 is 0 Å². The number of fused-ring (bicyclic) bond motifs is 3. The first kappa shape index (κ1) is 15.0. The van der Waals surface area contributed by atoms with E-state index in [1.165, 1.54) is 12.8 Å². The Morgan fingerprint density at radius 2 is 1.77 bits per heavy atom. The molecule has 1 spiro atoms. The maximum absolute atomic E-state index is 11.6. The number of carbonyl (C=O) groups is 1. The Hall–Kier alpha value is -0.570. The van der Waals surface area contributed by atoms with Crippen LogP contribution in [-0.4, -0.2) is 21.8 Å². The first-order valence-corrected chi connectivity index (χ1v) is 9.24. The van der Waals surface area contributed by atoms with Crippen molar-refractivity contribution in [3.63, 3.8) is 0 Å². The fourth-order valence-corrected chi connectivity index (χ4v) is 7.70. The van der Waals surface area contributed by atoms with Crippen LogP contribution >= 0.6 is 0 Å². The van der Waals surface area contributed by atoms with E-state index in [1.807, 2.05) is 6.92 Å². The van der Waals surface area contributed by atoms with Crippen LogP contribution in [0.4, 0.5) is 0 Å². The van der Waals surface area contributed by atoms with E-state index in [0.29, 0.717) is 17.8 Å². The first-order chi connectivity index (χ1) is 10.3. The highest BCUT2D eigenvalue weighted by molar-refractivity contribution is 5.71. The summed E-state index contributed by atoms with van der Waals surface area (Å²) in [6.45, 7) is 4.47. The van der Waals surface area contributed by atoms with Crippen molar-refractivity contribution in [3.05, 3.63) is 0 Å². The van der Waals surface area contributed by atoms with Crippen molar-refractivity contribution < 1.29 is 15.0 Å². The van der Waals surface area contributed by atoms with Gasteiger partial charge in [-0.25, -0.2) is 0 Å². The Balaban J connectivity index is 1.70. The predicted octanol–water partition coefficient (Wildman–Crippen LogP) is 3.84. The molecule has 124 valence electrons. The molecule has 4 saturated carbocycles. The Morgan fingerprint density at radius 1 is 1.00 bits per heavy atom. The zero-order chi connectivity index (χ0) is 15.8. The van der Waals surface area contributed by atoms with Gasteiger partial charge in [0.05, 0.1) is 11.5 Å². The van der Waals surface area contributed by atoms with Crippen molar-refractivity contribution in [1.82, 2.24) is 0 Å². The molecular formula is C19H30O3. The van der Waals surface area contributed by atoms with E-state index in [-0.39, 0.29) is 16.7 Å². The molecule has 0 unspecified atom stereocenters. The minimum atomic E-state index is -0.564.